The predicted molar refractivity (Wildman–Crippen MR) is 79.0 cm³/mol. The highest BCUT2D eigenvalue weighted by molar-refractivity contribution is 5.75. The third-order valence-electron chi connectivity index (χ3n) is 3.18. The van der Waals surface area contributed by atoms with E-state index in [-0.39, 0.29) is 5.56 Å². The minimum absolute atomic E-state index is 0.226. The van der Waals surface area contributed by atoms with Gasteiger partial charge in [0.1, 0.15) is 11.6 Å². The van der Waals surface area contributed by atoms with Gasteiger partial charge in [0.15, 0.2) is 12.2 Å². The van der Waals surface area contributed by atoms with Crippen LogP contribution >= 0.6 is 0 Å². The Kier molecular flexibility index (Phi) is 5.49. The fraction of sp³-hybridized carbons (Fsp3) is 0.235. The molecule has 2 atom stereocenters. The van der Waals surface area contributed by atoms with E-state index in [4.69, 9.17) is 14.2 Å². The molecule has 0 amide bonds. The number of carbonyl (C=O) groups is 1. The van der Waals surface area contributed by atoms with Gasteiger partial charge in [0.05, 0.1) is 7.11 Å². The first-order chi connectivity index (χ1) is 10.7. The second-order valence-electron chi connectivity index (χ2n) is 4.55. The van der Waals surface area contributed by atoms with Gasteiger partial charge in [-0.3, -0.25) is 0 Å². The van der Waals surface area contributed by atoms with Gasteiger partial charge in [-0.05, 0) is 18.2 Å². The SMILES string of the molecule is COC(=O)C(OC)C(Oc1ccccc1)c1ccccc1F. The highest BCUT2D eigenvalue weighted by atomic mass is 19.1. The molecule has 0 spiro atoms. The lowest BCUT2D eigenvalue weighted by Gasteiger charge is -2.25. The van der Waals surface area contributed by atoms with Gasteiger partial charge in [-0.1, -0.05) is 36.4 Å². The van der Waals surface area contributed by atoms with Crippen molar-refractivity contribution in [3.8, 4) is 5.75 Å². The van der Waals surface area contributed by atoms with Crippen LogP contribution in [0.25, 0.3) is 0 Å². The third-order valence-corrected chi connectivity index (χ3v) is 3.18. The summed E-state index contributed by atoms with van der Waals surface area (Å²) < 4.78 is 29.8. The number of ether oxygens (including phenoxy) is 3. The molecular formula is C17H17FO4. The average Bonchev–Trinajstić information content (AvgIpc) is 2.56. The van der Waals surface area contributed by atoms with E-state index in [2.05, 4.69) is 0 Å². The molecule has 2 aromatic carbocycles. The number of para-hydroxylation sites is 1. The summed E-state index contributed by atoms with van der Waals surface area (Å²) in [7, 11) is 2.60. The smallest absolute Gasteiger partial charge is 0.339 e. The van der Waals surface area contributed by atoms with E-state index in [1.807, 2.05) is 6.07 Å². The van der Waals surface area contributed by atoms with E-state index in [9.17, 15) is 9.18 Å². The topological polar surface area (TPSA) is 44.8 Å². The van der Waals surface area contributed by atoms with Gasteiger partial charge in [-0.25, -0.2) is 9.18 Å². The summed E-state index contributed by atoms with van der Waals surface area (Å²) >= 11 is 0. The molecule has 0 N–H and O–H groups in total. The third kappa shape index (κ3) is 3.62. The number of methoxy groups -OCH3 is 2. The maximum Gasteiger partial charge on any atom is 0.339 e. The zero-order chi connectivity index (χ0) is 15.9. The molecule has 0 aliphatic heterocycles. The molecule has 22 heavy (non-hydrogen) atoms. The molecule has 0 aliphatic rings. The van der Waals surface area contributed by atoms with Gasteiger partial charge in [0.2, 0.25) is 0 Å². The minimum atomic E-state index is -1.08. The van der Waals surface area contributed by atoms with Crippen LogP contribution in [0.5, 0.6) is 5.75 Å². The normalized spacial score (nSPS) is 13.2. The largest absolute Gasteiger partial charge is 0.482 e. The van der Waals surface area contributed by atoms with Crippen LogP contribution in [0.1, 0.15) is 11.7 Å². The van der Waals surface area contributed by atoms with E-state index in [0.717, 1.165) is 0 Å². The van der Waals surface area contributed by atoms with Crippen molar-refractivity contribution in [1.29, 1.82) is 0 Å². The number of hydrogen-bond donors (Lipinski definition) is 0. The van der Waals surface area contributed by atoms with Crippen LogP contribution in [0.4, 0.5) is 4.39 Å². The molecule has 0 saturated carbocycles. The summed E-state index contributed by atoms with van der Waals surface area (Å²) in [4.78, 5) is 11.9. The summed E-state index contributed by atoms with van der Waals surface area (Å²) in [5.41, 5.74) is 0.226. The first kappa shape index (κ1) is 16.0. The Hall–Kier alpha value is -2.40. The van der Waals surface area contributed by atoms with Crippen molar-refractivity contribution in [3.05, 3.63) is 66.0 Å². The molecule has 0 heterocycles. The van der Waals surface area contributed by atoms with Crippen molar-refractivity contribution >= 4 is 5.97 Å². The van der Waals surface area contributed by atoms with Crippen molar-refractivity contribution in [2.45, 2.75) is 12.2 Å². The Morgan fingerprint density at radius 3 is 2.23 bits per heavy atom. The fourth-order valence-corrected chi connectivity index (χ4v) is 2.10. The summed E-state index contributed by atoms with van der Waals surface area (Å²) in [5.74, 6) is -0.609. The number of carbonyl (C=O) groups excluding carboxylic acids is 1. The molecule has 0 aromatic heterocycles. The molecule has 4 nitrogen and oxygen atoms in total. The zero-order valence-electron chi connectivity index (χ0n) is 12.4. The molecule has 2 unspecified atom stereocenters. The van der Waals surface area contributed by atoms with Crippen LogP contribution < -0.4 is 4.74 Å². The van der Waals surface area contributed by atoms with E-state index < -0.39 is 24.0 Å². The van der Waals surface area contributed by atoms with Crippen molar-refractivity contribution in [3.63, 3.8) is 0 Å². The van der Waals surface area contributed by atoms with Gasteiger partial charge < -0.3 is 14.2 Å². The van der Waals surface area contributed by atoms with Crippen LogP contribution in [-0.2, 0) is 14.3 Å². The van der Waals surface area contributed by atoms with Gasteiger partial charge in [-0.15, -0.1) is 0 Å². The predicted octanol–water partition coefficient (Wildman–Crippen LogP) is 3.13. The standard InChI is InChI=1S/C17H17FO4/c1-20-16(17(19)21-2)15(13-10-6-7-11-14(13)18)22-12-8-4-3-5-9-12/h3-11,15-16H,1-2H3. The number of halogens is 1. The highest BCUT2D eigenvalue weighted by Crippen LogP contribution is 2.28. The van der Waals surface area contributed by atoms with Gasteiger partial charge in [0.25, 0.3) is 0 Å². The van der Waals surface area contributed by atoms with Crippen molar-refractivity contribution in [1.82, 2.24) is 0 Å². The van der Waals surface area contributed by atoms with E-state index in [0.29, 0.717) is 5.75 Å². The van der Waals surface area contributed by atoms with E-state index in [1.165, 1.54) is 20.3 Å². The van der Waals surface area contributed by atoms with Crippen LogP contribution in [0.3, 0.4) is 0 Å². The number of esters is 1. The van der Waals surface area contributed by atoms with Gasteiger partial charge in [0, 0.05) is 12.7 Å². The molecule has 0 radical (unpaired) electrons. The molecule has 2 rings (SSSR count). The van der Waals surface area contributed by atoms with Crippen molar-refractivity contribution in [2.75, 3.05) is 14.2 Å². The Balaban J connectivity index is 2.40. The number of rotatable bonds is 6. The molecule has 116 valence electrons. The van der Waals surface area contributed by atoms with Crippen LogP contribution in [0, 0.1) is 5.82 Å². The molecule has 5 heteroatoms. The maximum absolute atomic E-state index is 14.1. The fourth-order valence-electron chi connectivity index (χ4n) is 2.10. The van der Waals surface area contributed by atoms with Crippen LogP contribution in [0.15, 0.2) is 54.6 Å². The lowest BCUT2D eigenvalue weighted by Crippen LogP contribution is -2.35. The minimum Gasteiger partial charge on any atom is -0.482 e. The van der Waals surface area contributed by atoms with E-state index >= 15 is 0 Å². The quantitative estimate of drug-likeness (QED) is 0.769. The Morgan fingerprint density at radius 1 is 1.00 bits per heavy atom. The number of benzene rings is 2. The second-order valence-corrected chi connectivity index (χ2v) is 4.55. The molecular weight excluding hydrogens is 287 g/mol. The monoisotopic (exact) mass is 304 g/mol. The summed E-state index contributed by atoms with van der Waals surface area (Å²) in [6, 6.07) is 14.9. The lowest BCUT2D eigenvalue weighted by molar-refractivity contribution is -0.158. The van der Waals surface area contributed by atoms with E-state index in [1.54, 1.807) is 42.5 Å². The number of hydrogen-bond acceptors (Lipinski definition) is 4. The first-order valence-corrected chi connectivity index (χ1v) is 6.74. The first-order valence-electron chi connectivity index (χ1n) is 6.74. The molecule has 0 saturated heterocycles. The van der Waals surface area contributed by atoms with Crippen molar-refractivity contribution in [2.24, 2.45) is 0 Å². The maximum atomic E-state index is 14.1. The summed E-state index contributed by atoms with van der Waals surface area (Å²) in [5, 5.41) is 0. The molecule has 0 aliphatic carbocycles. The van der Waals surface area contributed by atoms with Gasteiger partial charge in [-0.2, -0.15) is 0 Å². The van der Waals surface area contributed by atoms with Crippen molar-refractivity contribution < 1.29 is 23.4 Å². The summed E-state index contributed by atoms with van der Waals surface area (Å²) in [6.45, 7) is 0. The molecule has 0 fully saturated rings. The Bertz CT molecular complexity index is 615. The Labute approximate surface area is 128 Å². The second kappa shape index (κ2) is 7.56. The Morgan fingerprint density at radius 2 is 1.64 bits per heavy atom. The molecule has 0 bridgehead atoms. The lowest BCUT2D eigenvalue weighted by atomic mass is 10.0. The average molecular weight is 304 g/mol. The zero-order valence-corrected chi connectivity index (χ0v) is 12.4. The van der Waals surface area contributed by atoms with Crippen LogP contribution in [-0.4, -0.2) is 26.3 Å². The summed E-state index contributed by atoms with van der Waals surface area (Å²) in [6.07, 6.45) is -2.04. The highest BCUT2D eigenvalue weighted by Gasteiger charge is 2.34. The van der Waals surface area contributed by atoms with Gasteiger partial charge >= 0.3 is 5.97 Å². The molecule has 2 aromatic rings. The van der Waals surface area contributed by atoms with Crippen LogP contribution in [0.2, 0.25) is 0 Å².